The molecule has 1 saturated heterocycles. The maximum Gasteiger partial charge on any atom is 0.250 e. The Morgan fingerprint density at radius 1 is 1.29 bits per heavy atom. The second-order valence-corrected chi connectivity index (χ2v) is 11.2. The summed E-state index contributed by atoms with van der Waals surface area (Å²) in [4.78, 5) is 36.9. The molecule has 0 bridgehead atoms. The van der Waals surface area contributed by atoms with Crippen molar-refractivity contribution in [3.8, 4) is 0 Å². The number of carbonyl (C=O) groups is 2. The van der Waals surface area contributed by atoms with Crippen LogP contribution in [0.25, 0.3) is 10.1 Å². The number of hydrogen-bond donors (Lipinski definition) is 2. The number of piperidine rings is 1. The first kappa shape index (κ1) is 24.5. The van der Waals surface area contributed by atoms with E-state index in [9.17, 15) is 18.0 Å². The Balaban J connectivity index is 1.47. The van der Waals surface area contributed by atoms with E-state index in [1.54, 1.807) is 30.3 Å². The third-order valence-corrected chi connectivity index (χ3v) is 8.60. The first-order chi connectivity index (χ1) is 16.3. The van der Waals surface area contributed by atoms with Gasteiger partial charge < -0.3 is 10.6 Å². The number of benzene rings is 1. The predicted molar refractivity (Wildman–Crippen MR) is 130 cm³/mol. The third kappa shape index (κ3) is 5.36. The molecule has 3 aromatic rings. The summed E-state index contributed by atoms with van der Waals surface area (Å²) in [5.41, 5.74) is 5.63. The zero-order valence-electron chi connectivity index (χ0n) is 18.1. The number of thiophene rings is 1. The number of nitrogens with two attached hydrogens (primary N) is 1. The highest BCUT2D eigenvalue weighted by molar-refractivity contribution is 7.91. The van der Waals surface area contributed by atoms with Gasteiger partial charge in [0.2, 0.25) is 17.8 Å². The Bertz CT molecular complexity index is 1300. The summed E-state index contributed by atoms with van der Waals surface area (Å²) in [7, 11) is -3.94. The molecule has 1 aliphatic rings. The van der Waals surface area contributed by atoms with Crippen LogP contribution in [0.1, 0.15) is 12.8 Å². The summed E-state index contributed by atoms with van der Waals surface area (Å²) < 4.78 is 29.3. The van der Waals surface area contributed by atoms with Crippen LogP contribution in [0.2, 0.25) is 5.02 Å². The molecule has 2 aromatic heterocycles. The van der Waals surface area contributed by atoms with Crippen LogP contribution in [-0.2, 0) is 19.6 Å². The molecular weight excluding hydrogens is 500 g/mol. The smallest absolute Gasteiger partial charge is 0.250 e. The monoisotopic (exact) mass is 522 g/mol. The molecule has 2 amide bonds. The largest absolute Gasteiger partial charge is 0.332 e. The van der Waals surface area contributed by atoms with Gasteiger partial charge in [0.1, 0.15) is 16.8 Å². The zero-order valence-corrected chi connectivity index (χ0v) is 20.4. The lowest BCUT2D eigenvalue weighted by atomic mass is 10.1. The molecule has 180 valence electrons. The fraction of sp³-hybridized carbons (Fsp3) is 0.333. The number of hydrogen-bond acceptors (Lipinski definition) is 8. The third-order valence-electron chi connectivity index (χ3n) is 5.33. The van der Waals surface area contributed by atoms with Crippen LogP contribution in [0.5, 0.6) is 0 Å². The SMILES string of the molecule is NCCN(C(=O)CN1CCC[C@H](NS(=O)(=O)c2cc3ccc(Cl)cc3s2)C1=O)c1ncccn1. The first-order valence-corrected chi connectivity index (χ1v) is 13.2. The van der Waals surface area contributed by atoms with E-state index >= 15 is 0 Å². The Hall–Kier alpha value is -2.64. The topological polar surface area (TPSA) is 139 Å². The van der Waals surface area contributed by atoms with Crippen molar-refractivity contribution in [1.82, 2.24) is 19.6 Å². The predicted octanol–water partition coefficient (Wildman–Crippen LogP) is 1.61. The molecule has 3 heterocycles. The van der Waals surface area contributed by atoms with Crippen LogP contribution in [0.15, 0.2) is 46.9 Å². The summed E-state index contributed by atoms with van der Waals surface area (Å²) in [5, 5.41) is 1.26. The fourth-order valence-electron chi connectivity index (χ4n) is 3.71. The van der Waals surface area contributed by atoms with Gasteiger partial charge in [-0.2, -0.15) is 4.72 Å². The molecule has 10 nitrogen and oxygen atoms in total. The highest BCUT2D eigenvalue weighted by Gasteiger charge is 2.34. The summed E-state index contributed by atoms with van der Waals surface area (Å²) in [5.74, 6) is -0.645. The van der Waals surface area contributed by atoms with Gasteiger partial charge in [-0.25, -0.2) is 18.4 Å². The number of nitrogens with zero attached hydrogens (tertiary/aromatic N) is 4. The van der Waals surface area contributed by atoms with Gasteiger partial charge in [-0.15, -0.1) is 11.3 Å². The second-order valence-electron chi connectivity index (χ2n) is 7.71. The molecule has 1 aromatic carbocycles. The molecule has 4 rings (SSSR count). The van der Waals surface area contributed by atoms with Crippen LogP contribution < -0.4 is 15.4 Å². The van der Waals surface area contributed by atoms with E-state index in [0.717, 1.165) is 21.4 Å². The number of amides is 2. The Kier molecular flexibility index (Phi) is 7.43. The molecule has 0 unspecified atom stereocenters. The number of rotatable bonds is 8. The minimum absolute atomic E-state index is 0.0983. The molecule has 13 heteroatoms. The molecule has 0 spiro atoms. The number of nitrogens with one attached hydrogen (secondary N) is 1. The highest BCUT2D eigenvalue weighted by Crippen LogP contribution is 2.31. The standard InChI is InChI=1S/C21H23ClN6O4S2/c22-15-5-4-14-11-19(33-17(14)12-15)34(31,32)26-16-3-1-9-27(20(16)30)13-18(29)28(10-6-23)21-24-7-2-8-25-21/h2,4-5,7-8,11-12,16,26H,1,3,6,9-10,13,23H2/t16-/m0/s1. The number of aromatic nitrogens is 2. The summed E-state index contributed by atoms with van der Waals surface area (Å²) >= 11 is 7.08. The Morgan fingerprint density at radius 3 is 2.79 bits per heavy atom. The molecule has 1 fully saturated rings. The fourth-order valence-corrected chi connectivity index (χ4v) is 6.62. The molecule has 0 aliphatic carbocycles. The average molecular weight is 523 g/mol. The van der Waals surface area contributed by atoms with Gasteiger partial charge in [0.25, 0.3) is 10.0 Å². The normalized spacial score (nSPS) is 16.7. The van der Waals surface area contributed by atoms with Gasteiger partial charge in [-0.1, -0.05) is 17.7 Å². The number of anilines is 1. The van der Waals surface area contributed by atoms with Gasteiger partial charge >= 0.3 is 0 Å². The molecule has 34 heavy (non-hydrogen) atoms. The van der Waals surface area contributed by atoms with Gasteiger partial charge in [0.15, 0.2) is 0 Å². The van der Waals surface area contributed by atoms with Gasteiger partial charge in [0.05, 0.1) is 0 Å². The van der Waals surface area contributed by atoms with Crippen molar-refractivity contribution in [3.63, 3.8) is 0 Å². The van der Waals surface area contributed by atoms with E-state index in [0.29, 0.717) is 24.4 Å². The van der Waals surface area contributed by atoms with Crippen LogP contribution in [0, 0.1) is 0 Å². The Morgan fingerprint density at radius 2 is 2.06 bits per heavy atom. The Labute approximate surface area is 205 Å². The first-order valence-electron chi connectivity index (χ1n) is 10.6. The summed E-state index contributed by atoms with van der Waals surface area (Å²) in [6.45, 7) is 0.505. The minimum atomic E-state index is -3.94. The van der Waals surface area contributed by atoms with Crippen LogP contribution in [0.4, 0.5) is 5.95 Å². The number of fused-ring (bicyclic) bond motifs is 1. The number of likely N-dealkylation sites (tertiary alicyclic amines) is 1. The van der Waals surface area contributed by atoms with E-state index in [2.05, 4.69) is 14.7 Å². The number of sulfonamides is 1. The molecule has 3 N–H and O–H groups in total. The highest BCUT2D eigenvalue weighted by atomic mass is 35.5. The number of halogens is 1. The van der Waals surface area contributed by atoms with Crippen LogP contribution in [0.3, 0.4) is 0 Å². The zero-order chi connectivity index (χ0) is 24.3. The maximum absolute atomic E-state index is 13.1. The number of carbonyl (C=O) groups excluding carboxylic acids is 2. The van der Waals surface area contributed by atoms with Crippen molar-refractivity contribution in [1.29, 1.82) is 0 Å². The van der Waals surface area contributed by atoms with Gasteiger partial charge in [0, 0.05) is 41.8 Å². The maximum atomic E-state index is 13.1. The second kappa shape index (κ2) is 10.3. The van der Waals surface area contributed by atoms with Crippen molar-refractivity contribution in [2.75, 3.05) is 31.1 Å². The van der Waals surface area contributed by atoms with Crippen molar-refractivity contribution in [2.24, 2.45) is 5.73 Å². The molecular formula is C21H23ClN6O4S2. The molecule has 0 radical (unpaired) electrons. The lowest BCUT2D eigenvalue weighted by Crippen LogP contribution is -2.55. The summed E-state index contributed by atoms with van der Waals surface area (Å²) in [6, 6.07) is 7.35. The van der Waals surface area contributed by atoms with E-state index in [4.69, 9.17) is 17.3 Å². The van der Waals surface area contributed by atoms with E-state index in [-0.39, 0.29) is 29.8 Å². The van der Waals surface area contributed by atoms with E-state index in [1.807, 2.05) is 0 Å². The molecule has 1 aliphatic heterocycles. The lowest BCUT2D eigenvalue weighted by molar-refractivity contribution is -0.138. The molecule has 1 atom stereocenters. The lowest BCUT2D eigenvalue weighted by Gasteiger charge is -2.33. The average Bonchev–Trinajstić information content (AvgIpc) is 3.25. The van der Waals surface area contributed by atoms with Gasteiger partial charge in [-0.05, 0) is 42.5 Å². The quantitative estimate of drug-likeness (QED) is 0.458. The summed E-state index contributed by atoms with van der Waals surface area (Å²) in [6.07, 6.45) is 3.91. The van der Waals surface area contributed by atoms with E-state index < -0.39 is 27.9 Å². The van der Waals surface area contributed by atoms with Crippen LogP contribution in [-0.4, -0.2) is 67.3 Å². The van der Waals surface area contributed by atoms with Crippen molar-refractivity contribution in [3.05, 3.63) is 47.7 Å². The van der Waals surface area contributed by atoms with E-state index in [1.165, 1.54) is 22.2 Å². The van der Waals surface area contributed by atoms with Crippen molar-refractivity contribution >= 4 is 60.8 Å². The van der Waals surface area contributed by atoms with Gasteiger partial charge in [-0.3, -0.25) is 14.5 Å². The van der Waals surface area contributed by atoms with Crippen molar-refractivity contribution in [2.45, 2.75) is 23.1 Å². The van der Waals surface area contributed by atoms with Crippen molar-refractivity contribution < 1.29 is 18.0 Å². The van der Waals surface area contributed by atoms with Crippen LogP contribution >= 0.6 is 22.9 Å². The minimum Gasteiger partial charge on any atom is -0.332 e. The molecule has 0 saturated carbocycles.